The molecule has 228 valence electrons. The van der Waals surface area contributed by atoms with Crippen LogP contribution in [0.2, 0.25) is 0 Å². The molecule has 3 aromatic rings. The number of benzene rings is 3. The fourth-order valence-electron chi connectivity index (χ4n) is 5.72. The summed E-state index contributed by atoms with van der Waals surface area (Å²) >= 11 is 0. The number of urea groups is 1. The van der Waals surface area contributed by atoms with E-state index in [1.807, 2.05) is 61.6 Å². The van der Waals surface area contributed by atoms with Crippen molar-refractivity contribution in [3.63, 3.8) is 0 Å². The van der Waals surface area contributed by atoms with Crippen molar-refractivity contribution in [3.05, 3.63) is 95.6 Å². The lowest BCUT2D eigenvalue weighted by Gasteiger charge is -2.51. The fourth-order valence-corrected chi connectivity index (χ4v) is 5.72. The summed E-state index contributed by atoms with van der Waals surface area (Å²) in [4.78, 5) is 21.8. The Balaban J connectivity index is 1.35. The molecule has 0 spiro atoms. The largest absolute Gasteiger partial charge is 0.497 e. The minimum atomic E-state index is -0.0971. The lowest BCUT2D eigenvalue weighted by atomic mass is 9.81. The predicted octanol–water partition coefficient (Wildman–Crippen LogP) is 5.16. The molecule has 1 N–H and O–H groups in total. The molecular formula is C36H47N5O2. The fraction of sp³-hybridized carbons (Fsp3) is 0.417. The lowest BCUT2D eigenvalue weighted by Crippen LogP contribution is -2.60. The Morgan fingerprint density at radius 3 is 2.16 bits per heavy atom. The van der Waals surface area contributed by atoms with Crippen molar-refractivity contribution in [1.82, 2.24) is 19.6 Å². The van der Waals surface area contributed by atoms with E-state index in [1.54, 1.807) is 12.0 Å². The van der Waals surface area contributed by atoms with Crippen LogP contribution in [0.25, 0.3) is 0 Å². The summed E-state index contributed by atoms with van der Waals surface area (Å²) in [5, 5.41) is 2.99. The van der Waals surface area contributed by atoms with Crippen LogP contribution in [0, 0.1) is 17.8 Å². The van der Waals surface area contributed by atoms with Gasteiger partial charge in [0.15, 0.2) is 0 Å². The minimum Gasteiger partial charge on any atom is -0.497 e. The maximum Gasteiger partial charge on any atom is 0.321 e. The number of methoxy groups -OCH3 is 1. The van der Waals surface area contributed by atoms with E-state index in [0.29, 0.717) is 24.4 Å². The molecule has 1 fully saturated rings. The van der Waals surface area contributed by atoms with Gasteiger partial charge in [-0.1, -0.05) is 42.2 Å². The van der Waals surface area contributed by atoms with Gasteiger partial charge < -0.3 is 24.8 Å². The second-order valence-electron chi connectivity index (χ2n) is 12.1. The molecular weight excluding hydrogens is 534 g/mol. The maximum atomic E-state index is 12.9. The van der Waals surface area contributed by atoms with E-state index < -0.39 is 0 Å². The molecule has 0 saturated carbocycles. The molecule has 7 nitrogen and oxygen atoms in total. The van der Waals surface area contributed by atoms with Gasteiger partial charge in [0.05, 0.1) is 7.11 Å². The zero-order valence-electron chi connectivity index (χ0n) is 26.6. The number of anilines is 1. The van der Waals surface area contributed by atoms with Crippen LogP contribution in [0.3, 0.4) is 0 Å². The van der Waals surface area contributed by atoms with Crippen molar-refractivity contribution in [2.45, 2.75) is 18.4 Å². The first-order valence-electron chi connectivity index (χ1n) is 15.1. The molecule has 3 aromatic carbocycles. The monoisotopic (exact) mass is 581 g/mol. The van der Waals surface area contributed by atoms with E-state index in [0.717, 1.165) is 55.2 Å². The predicted molar refractivity (Wildman–Crippen MR) is 177 cm³/mol. The van der Waals surface area contributed by atoms with Crippen molar-refractivity contribution in [1.29, 1.82) is 0 Å². The minimum absolute atomic E-state index is 0.0971. The number of nitrogens with one attached hydrogen (secondary N) is 1. The van der Waals surface area contributed by atoms with Crippen molar-refractivity contribution in [3.8, 4) is 17.6 Å². The zero-order valence-corrected chi connectivity index (χ0v) is 26.6. The number of carbonyl (C=O) groups is 1. The van der Waals surface area contributed by atoms with E-state index in [-0.39, 0.29) is 6.03 Å². The molecule has 7 heteroatoms. The molecule has 2 unspecified atom stereocenters. The highest BCUT2D eigenvalue weighted by molar-refractivity contribution is 5.89. The van der Waals surface area contributed by atoms with Gasteiger partial charge in [0.25, 0.3) is 0 Å². The molecule has 43 heavy (non-hydrogen) atoms. The van der Waals surface area contributed by atoms with Gasteiger partial charge in [-0.3, -0.25) is 4.90 Å². The molecule has 0 aromatic heterocycles. The Morgan fingerprint density at radius 2 is 1.56 bits per heavy atom. The summed E-state index contributed by atoms with van der Waals surface area (Å²) in [5.41, 5.74) is 4.21. The first kappa shape index (κ1) is 32.1. The number of rotatable bonds is 12. The SMILES string of the molecule is COc1ccc(NC(=O)N(C)CCC(CN(C)C)CN2CC(c3ccc(C#Cc4ccccc4)cc3)[C@H]2CN(C)C)cc1. The molecule has 0 radical (unpaired) electrons. The van der Waals surface area contributed by atoms with Crippen LogP contribution >= 0.6 is 0 Å². The molecule has 1 heterocycles. The van der Waals surface area contributed by atoms with Gasteiger partial charge in [-0.2, -0.15) is 0 Å². The van der Waals surface area contributed by atoms with E-state index in [4.69, 9.17) is 4.74 Å². The standard InChI is InChI=1S/C36H47N5O2/c1-38(2)24-30(22-23-40(5)36(42)37-32-18-20-33(43-6)21-19-32)25-41-26-34(35(41)27-39(3)4)31-16-14-29(15-17-31)13-12-28-10-8-7-9-11-28/h7-11,14-21,30,34-35H,22-27H2,1-6H3,(H,37,42)/t30?,34?,35-/m1/s1. The number of amides is 2. The highest BCUT2D eigenvalue weighted by Gasteiger charge is 2.40. The molecule has 1 saturated heterocycles. The van der Waals surface area contributed by atoms with Gasteiger partial charge in [-0.15, -0.1) is 0 Å². The Bertz CT molecular complexity index is 1350. The van der Waals surface area contributed by atoms with Crippen LogP contribution in [0.4, 0.5) is 10.5 Å². The summed E-state index contributed by atoms with van der Waals surface area (Å²) in [6, 6.07) is 26.7. The van der Waals surface area contributed by atoms with Crippen molar-refractivity contribution in [2.75, 3.05) is 80.4 Å². The summed E-state index contributed by atoms with van der Waals surface area (Å²) < 4.78 is 5.21. The van der Waals surface area contributed by atoms with Crippen LogP contribution in [0.5, 0.6) is 5.75 Å². The third-order valence-corrected chi connectivity index (χ3v) is 8.06. The molecule has 1 aliphatic heterocycles. The number of likely N-dealkylation sites (N-methyl/N-ethyl adjacent to an activating group) is 1. The third kappa shape index (κ3) is 9.59. The second-order valence-corrected chi connectivity index (χ2v) is 12.1. The van der Waals surface area contributed by atoms with Crippen LogP contribution in [0.15, 0.2) is 78.9 Å². The van der Waals surface area contributed by atoms with E-state index in [9.17, 15) is 4.79 Å². The topological polar surface area (TPSA) is 51.3 Å². The zero-order chi connectivity index (χ0) is 30.8. The molecule has 1 aliphatic rings. The van der Waals surface area contributed by atoms with Crippen molar-refractivity contribution < 1.29 is 9.53 Å². The molecule has 4 rings (SSSR count). The molecule has 3 atom stereocenters. The number of hydrogen-bond acceptors (Lipinski definition) is 5. The molecule has 0 aliphatic carbocycles. The first-order chi connectivity index (χ1) is 20.7. The molecule has 2 amide bonds. The highest BCUT2D eigenvalue weighted by atomic mass is 16.5. The van der Waals surface area contributed by atoms with Crippen LogP contribution < -0.4 is 10.1 Å². The maximum absolute atomic E-state index is 12.9. The van der Waals surface area contributed by atoms with Crippen LogP contribution in [-0.4, -0.2) is 107 Å². The van der Waals surface area contributed by atoms with Crippen LogP contribution in [0.1, 0.15) is 29.0 Å². The van der Waals surface area contributed by atoms with Crippen molar-refractivity contribution >= 4 is 11.7 Å². The van der Waals surface area contributed by atoms with Crippen molar-refractivity contribution in [2.24, 2.45) is 5.92 Å². The van der Waals surface area contributed by atoms with Gasteiger partial charge in [0.2, 0.25) is 0 Å². The Morgan fingerprint density at radius 1 is 0.907 bits per heavy atom. The van der Waals surface area contributed by atoms with Crippen LogP contribution in [-0.2, 0) is 0 Å². The quantitative estimate of drug-likeness (QED) is 0.300. The van der Waals surface area contributed by atoms with Gasteiger partial charge >= 0.3 is 6.03 Å². The Hall–Kier alpha value is -3.83. The Labute approximate surface area is 258 Å². The summed E-state index contributed by atoms with van der Waals surface area (Å²) in [5.74, 6) is 8.27. The molecule has 0 bridgehead atoms. The number of nitrogens with zero attached hydrogens (tertiary/aromatic N) is 4. The van der Waals surface area contributed by atoms with E-state index in [1.165, 1.54) is 5.56 Å². The summed E-state index contributed by atoms with van der Waals surface area (Å²) in [6.07, 6.45) is 0.940. The first-order valence-corrected chi connectivity index (χ1v) is 15.1. The average molecular weight is 582 g/mol. The third-order valence-electron chi connectivity index (χ3n) is 8.06. The number of hydrogen-bond donors (Lipinski definition) is 1. The average Bonchev–Trinajstić information content (AvgIpc) is 3.00. The normalized spacial score (nSPS) is 17.1. The highest BCUT2D eigenvalue weighted by Crippen LogP contribution is 2.35. The number of carbonyl (C=O) groups excluding carboxylic acids is 1. The van der Waals surface area contributed by atoms with Gasteiger partial charge in [0.1, 0.15) is 5.75 Å². The van der Waals surface area contributed by atoms with Gasteiger partial charge in [-0.25, -0.2) is 4.79 Å². The number of likely N-dealkylation sites (tertiary alicyclic amines) is 1. The van der Waals surface area contributed by atoms with Gasteiger partial charge in [0, 0.05) is 68.5 Å². The second kappa shape index (κ2) is 15.6. The van der Waals surface area contributed by atoms with E-state index in [2.05, 4.69) is 84.3 Å². The Kier molecular flexibility index (Phi) is 11.6. The summed E-state index contributed by atoms with van der Waals surface area (Å²) in [7, 11) is 12.1. The smallest absolute Gasteiger partial charge is 0.321 e. The van der Waals surface area contributed by atoms with E-state index >= 15 is 0 Å². The van der Waals surface area contributed by atoms with Gasteiger partial charge in [-0.05, 0) is 94.6 Å². The lowest BCUT2D eigenvalue weighted by molar-refractivity contribution is 0.0211. The summed E-state index contributed by atoms with van der Waals surface area (Å²) in [6.45, 7) is 4.76. The number of ether oxygens (including phenoxy) is 1.